The molecule has 0 atom stereocenters. The molecule has 0 aliphatic carbocycles. The molecule has 78 valence electrons. The summed E-state index contributed by atoms with van der Waals surface area (Å²) in [6, 6.07) is 0. The molecule has 0 saturated heterocycles. The summed E-state index contributed by atoms with van der Waals surface area (Å²) >= 11 is 4.62. The molecule has 0 saturated carbocycles. The van der Waals surface area contributed by atoms with Gasteiger partial charge in [0.1, 0.15) is 4.47 Å². The van der Waals surface area contributed by atoms with Crippen LogP contribution in [0.5, 0.6) is 0 Å². The van der Waals surface area contributed by atoms with Crippen molar-refractivity contribution in [1.82, 2.24) is 15.0 Å². The number of anilines is 2. The normalized spacial score (nSPS) is 10.3. The number of halogens is 1. The van der Waals surface area contributed by atoms with Crippen molar-refractivity contribution in [3.8, 4) is 0 Å². The Labute approximate surface area is 97.7 Å². The number of nitrogens with zero attached hydrogens (tertiary/aromatic N) is 2. The summed E-state index contributed by atoms with van der Waals surface area (Å²) in [6.45, 7) is 1.90. The van der Waals surface area contributed by atoms with Gasteiger partial charge in [0.05, 0.1) is 12.0 Å². The predicted octanol–water partition coefficient (Wildman–Crippen LogP) is 2.04. The molecule has 2 heterocycles. The topological polar surface area (TPSA) is 70.7 Å². The number of aryl methyl sites for hydroxylation is 1. The zero-order chi connectivity index (χ0) is 10.8. The SMILES string of the molecule is Cc1csc(Nc2nc[nH]c(=O)c2Br)n1. The van der Waals surface area contributed by atoms with Crippen molar-refractivity contribution in [3.05, 3.63) is 32.2 Å². The zero-order valence-corrected chi connectivity index (χ0v) is 10.1. The smallest absolute Gasteiger partial charge is 0.267 e. The first-order valence-corrected chi connectivity index (χ1v) is 5.76. The van der Waals surface area contributed by atoms with Crippen molar-refractivity contribution in [2.45, 2.75) is 6.92 Å². The maximum atomic E-state index is 11.2. The highest BCUT2D eigenvalue weighted by Crippen LogP contribution is 2.22. The van der Waals surface area contributed by atoms with Crippen LogP contribution < -0.4 is 10.9 Å². The molecule has 2 rings (SSSR count). The Morgan fingerprint density at radius 1 is 1.60 bits per heavy atom. The summed E-state index contributed by atoms with van der Waals surface area (Å²) in [6.07, 6.45) is 1.34. The molecule has 0 fully saturated rings. The van der Waals surface area contributed by atoms with Gasteiger partial charge < -0.3 is 10.3 Å². The van der Waals surface area contributed by atoms with Gasteiger partial charge in [-0.1, -0.05) is 0 Å². The first-order valence-electron chi connectivity index (χ1n) is 4.09. The highest BCUT2D eigenvalue weighted by atomic mass is 79.9. The second kappa shape index (κ2) is 4.11. The van der Waals surface area contributed by atoms with Gasteiger partial charge in [-0.3, -0.25) is 4.79 Å². The van der Waals surface area contributed by atoms with Gasteiger partial charge in [0.15, 0.2) is 10.9 Å². The Balaban J connectivity index is 2.32. The van der Waals surface area contributed by atoms with Crippen molar-refractivity contribution in [3.63, 3.8) is 0 Å². The van der Waals surface area contributed by atoms with Gasteiger partial charge >= 0.3 is 0 Å². The highest BCUT2D eigenvalue weighted by Gasteiger charge is 2.06. The van der Waals surface area contributed by atoms with Crippen LogP contribution in [0.4, 0.5) is 10.9 Å². The highest BCUT2D eigenvalue weighted by molar-refractivity contribution is 9.10. The van der Waals surface area contributed by atoms with E-state index in [0.29, 0.717) is 15.4 Å². The Kier molecular flexibility index (Phi) is 2.83. The van der Waals surface area contributed by atoms with Gasteiger partial charge in [0.2, 0.25) is 0 Å². The van der Waals surface area contributed by atoms with Gasteiger partial charge in [-0.2, -0.15) is 0 Å². The standard InChI is InChI=1S/C8H7BrN4OS/c1-4-2-15-8(12-4)13-6-5(9)7(14)11-3-10-6/h2-3H,1H3,(H2,10,11,12,13,14). The van der Waals surface area contributed by atoms with Crippen LogP contribution in [0.25, 0.3) is 0 Å². The zero-order valence-electron chi connectivity index (χ0n) is 7.74. The minimum Gasteiger partial charge on any atom is -0.315 e. The van der Waals surface area contributed by atoms with Crippen LogP contribution in [0.15, 0.2) is 21.0 Å². The Hall–Kier alpha value is -1.21. The van der Waals surface area contributed by atoms with E-state index >= 15 is 0 Å². The minimum absolute atomic E-state index is 0.222. The van der Waals surface area contributed by atoms with Crippen molar-refractivity contribution < 1.29 is 0 Å². The molecule has 15 heavy (non-hydrogen) atoms. The number of aromatic amines is 1. The second-order valence-corrected chi connectivity index (χ2v) is 4.46. The van der Waals surface area contributed by atoms with E-state index in [1.165, 1.54) is 17.7 Å². The van der Waals surface area contributed by atoms with Gasteiger partial charge in [-0.15, -0.1) is 11.3 Å². The molecule has 2 aromatic rings. The van der Waals surface area contributed by atoms with Crippen LogP contribution in [0.2, 0.25) is 0 Å². The van der Waals surface area contributed by atoms with E-state index in [2.05, 4.69) is 36.2 Å². The van der Waals surface area contributed by atoms with E-state index in [4.69, 9.17) is 0 Å². The summed E-state index contributed by atoms with van der Waals surface area (Å²) in [5.74, 6) is 0.466. The number of thiazole rings is 1. The molecule has 0 aliphatic heterocycles. The van der Waals surface area contributed by atoms with E-state index in [1.54, 1.807) is 0 Å². The molecular weight excluding hydrogens is 280 g/mol. The lowest BCUT2D eigenvalue weighted by Crippen LogP contribution is -2.09. The monoisotopic (exact) mass is 286 g/mol. The molecular formula is C8H7BrN4OS. The molecule has 0 spiro atoms. The first-order chi connectivity index (χ1) is 7.16. The quantitative estimate of drug-likeness (QED) is 0.886. The molecule has 0 aromatic carbocycles. The summed E-state index contributed by atoms with van der Waals surface area (Å²) in [5.41, 5.74) is 0.712. The average molecular weight is 287 g/mol. The van der Waals surface area contributed by atoms with E-state index in [9.17, 15) is 4.79 Å². The van der Waals surface area contributed by atoms with Crippen LogP contribution >= 0.6 is 27.3 Å². The third kappa shape index (κ3) is 2.24. The lowest BCUT2D eigenvalue weighted by atomic mass is 10.6. The lowest BCUT2D eigenvalue weighted by Gasteiger charge is -2.01. The van der Waals surface area contributed by atoms with Crippen LogP contribution in [-0.4, -0.2) is 15.0 Å². The number of hydrogen-bond donors (Lipinski definition) is 2. The van der Waals surface area contributed by atoms with E-state index in [1.807, 2.05) is 12.3 Å². The van der Waals surface area contributed by atoms with Crippen LogP contribution in [0, 0.1) is 6.92 Å². The minimum atomic E-state index is -0.222. The lowest BCUT2D eigenvalue weighted by molar-refractivity contribution is 1.10. The number of aromatic nitrogens is 3. The molecule has 0 radical (unpaired) electrons. The molecule has 0 aliphatic rings. The molecule has 0 bridgehead atoms. The van der Waals surface area contributed by atoms with Crippen molar-refractivity contribution in [1.29, 1.82) is 0 Å². The first kappa shape index (κ1) is 10.3. The van der Waals surface area contributed by atoms with Gasteiger partial charge in [0, 0.05) is 5.38 Å². The summed E-state index contributed by atoms with van der Waals surface area (Å²) < 4.78 is 0.373. The summed E-state index contributed by atoms with van der Waals surface area (Å²) in [5, 5.41) is 5.60. The van der Waals surface area contributed by atoms with Crippen LogP contribution in [-0.2, 0) is 0 Å². The summed E-state index contributed by atoms with van der Waals surface area (Å²) in [7, 11) is 0. The molecule has 2 N–H and O–H groups in total. The van der Waals surface area contributed by atoms with Gasteiger partial charge in [-0.25, -0.2) is 9.97 Å². The molecule has 0 unspecified atom stereocenters. The van der Waals surface area contributed by atoms with Crippen molar-refractivity contribution >= 4 is 38.2 Å². The van der Waals surface area contributed by atoms with Gasteiger partial charge in [0.25, 0.3) is 5.56 Å². The van der Waals surface area contributed by atoms with Crippen molar-refractivity contribution in [2.75, 3.05) is 5.32 Å². The number of nitrogens with one attached hydrogen (secondary N) is 2. The summed E-state index contributed by atoms with van der Waals surface area (Å²) in [4.78, 5) is 21.9. The van der Waals surface area contributed by atoms with E-state index < -0.39 is 0 Å². The Morgan fingerprint density at radius 3 is 3.07 bits per heavy atom. The van der Waals surface area contributed by atoms with Crippen LogP contribution in [0.3, 0.4) is 0 Å². The van der Waals surface area contributed by atoms with E-state index in [0.717, 1.165) is 5.69 Å². The largest absolute Gasteiger partial charge is 0.315 e. The maximum Gasteiger partial charge on any atom is 0.267 e. The van der Waals surface area contributed by atoms with Gasteiger partial charge in [-0.05, 0) is 22.9 Å². The molecule has 2 aromatic heterocycles. The third-order valence-corrected chi connectivity index (χ3v) is 3.25. The fourth-order valence-corrected chi connectivity index (χ4v) is 1.99. The Morgan fingerprint density at radius 2 is 2.40 bits per heavy atom. The molecule has 7 heteroatoms. The predicted molar refractivity (Wildman–Crippen MR) is 62.7 cm³/mol. The number of rotatable bonds is 2. The fourth-order valence-electron chi connectivity index (χ4n) is 0.983. The fraction of sp³-hybridized carbons (Fsp3) is 0.125. The van der Waals surface area contributed by atoms with Crippen molar-refractivity contribution in [2.24, 2.45) is 0 Å². The third-order valence-electron chi connectivity index (χ3n) is 1.64. The van der Waals surface area contributed by atoms with E-state index in [-0.39, 0.29) is 5.56 Å². The second-order valence-electron chi connectivity index (χ2n) is 2.81. The maximum absolute atomic E-state index is 11.2. The molecule has 5 nitrogen and oxygen atoms in total. The van der Waals surface area contributed by atoms with Crippen LogP contribution in [0.1, 0.15) is 5.69 Å². The average Bonchev–Trinajstić information content (AvgIpc) is 2.59. The molecule has 0 amide bonds. The number of H-pyrrole nitrogens is 1. The number of hydrogen-bond acceptors (Lipinski definition) is 5. The Bertz CT molecular complexity index is 535.